The van der Waals surface area contributed by atoms with E-state index in [2.05, 4.69) is 5.10 Å². The zero-order valence-electron chi connectivity index (χ0n) is 11.8. The maximum atomic E-state index is 12.5. The number of carbonyl (C=O) groups excluding carboxylic acids is 1. The van der Waals surface area contributed by atoms with E-state index in [0.717, 1.165) is 5.69 Å². The van der Waals surface area contributed by atoms with Crippen LogP contribution in [0.3, 0.4) is 0 Å². The molecule has 0 fully saturated rings. The molecule has 0 saturated carbocycles. The van der Waals surface area contributed by atoms with E-state index in [-0.39, 0.29) is 11.3 Å². The first-order valence-corrected chi connectivity index (χ1v) is 6.44. The van der Waals surface area contributed by atoms with Gasteiger partial charge in [0.2, 0.25) is 0 Å². The molecule has 4 heteroatoms. The fraction of sp³-hybridized carbons (Fsp3) is 0.467. The van der Waals surface area contributed by atoms with E-state index in [4.69, 9.17) is 0 Å². The zero-order valence-corrected chi connectivity index (χ0v) is 11.8. The Morgan fingerprint density at radius 2 is 1.84 bits per heavy atom. The number of amides is 1. The van der Waals surface area contributed by atoms with E-state index in [9.17, 15) is 9.90 Å². The lowest BCUT2D eigenvalue weighted by Gasteiger charge is -2.30. The SMILES string of the molecule is CC1=NN(c2ccccc2)C(=O)C1C(O)C(C)(C)C. The van der Waals surface area contributed by atoms with Gasteiger partial charge >= 0.3 is 0 Å². The van der Waals surface area contributed by atoms with Crippen LogP contribution in [-0.4, -0.2) is 22.8 Å². The average Bonchev–Trinajstić information content (AvgIpc) is 2.64. The minimum Gasteiger partial charge on any atom is -0.391 e. The molecular formula is C15H20N2O2. The zero-order chi connectivity index (χ0) is 14.2. The van der Waals surface area contributed by atoms with Crippen molar-refractivity contribution in [1.82, 2.24) is 0 Å². The summed E-state index contributed by atoms with van der Waals surface area (Å²) in [7, 11) is 0. The van der Waals surface area contributed by atoms with Gasteiger partial charge in [-0.2, -0.15) is 5.10 Å². The molecule has 2 rings (SSSR count). The van der Waals surface area contributed by atoms with Gasteiger partial charge in [-0.25, -0.2) is 5.01 Å². The van der Waals surface area contributed by atoms with Crippen molar-refractivity contribution in [2.75, 3.05) is 5.01 Å². The molecule has 1 aliphatic rings. The number of rotatable bonds is 2. The smallest absolute Gasteiger partial charge is 0.258 e. The second-order valence-electron chi connectivity index (χ2n) is 6.02. The standard InChI is InChI=1S/C15H20N2O2/c1-10-12(13(18)15(2,3)4)14(19)17(16-10)11-8-6-5-7-9-11/h5-9,12-13,18H,1-4H3. The van der Waals surface area contributed by atoms with Crippen LogP contribution in [0.4, 0.5) is 5.69 Å². The Labute approximate surface area is 113 Å². The molecule has 1 aromatic carbocycles. The fourth-order valence-corrected chi connectivity index (χ4v) is 2.20. The normalized spacial score (nSPS) is 21.5. The van der Waals surface area contributed by atoms with Crippen molar-refractivity contribution in [3.8, 4) is 0 Å². The van der Waals surface area contributed by atoms with Gasteiger partial charge < -0.3 is 5.11 Å². The first-order chi connectivity index (χ1) is 8.82. The van der Waals surface area contributed by atoms with Gasteiger partial charge in [-0.1, -0.05) is 39.0 Å². The summed E-state index contributed by atoms with van der Waals surface area (Å²) in [5.74, 6) is -0.716. The number of nitrogens with zero attached hydrogens (tertiary/aromatic N) is 2. The highest BCUT2D eigenvalue weighted by atomic mass is 16.3. The summed E-state index contributed by atoms with van der Waals surface area (Å²) in [5.41, 5.74) is 1.04. The van der Waals surface area contributed by atoms with Crippen LogP contribution in [0.5, 0.6) is 0 Å². The van der Waals surface area contributed by atoms with Crippen molar-refractivity contribution < 1.29 is 9.90 Å². The number of hydrogen-bond donors (Lipinski definition) is 1. The van der Waals surface area contributed by atoms with Crippen LogP contribution in [0, 0.1) is 11.3 Å². The largest absolute Gasteiger partial charge is 0.391 e. The van der Waals surface area contributed by atoms with Gasteiger partial charge in [0.15, 0.2) is 0 Å². The van der Waals surface area contributed by atoms with Crippen LogP contribution in [0.15, 0.2) is 35.4 Å². The Kier molecular flexibility index (Phi) is 3.45. The van der Waals surface area contributed by atoms with E-state index in [0.29, 0.717) is 5.71 Å². The van der Waals surface area contributed by atoms with Crippen molar-refractivity contribution in [2.24, 2.45) is 16.4 Å². The van der Waals surface area contributed by atoms with Gasteiger partial charge in [0.25, 0.3) is 5.91 Å². The minimum atomic E-state index is -0.738. The Balaban J connectivity index is 2.29. The van der Waals surface area contributed by atoms with Crippen LogP contribution in [0.2, 0.25) is 0 Å². The fourth-order valence-electron chi connectivity index (χ4n) is 2.20. The van der Waals surface area contributed by atoms with E-state index in [1.54, 1.807) is 6.92 Å². The Morgan fingerprint density at radius 3 is 2.37 bits per heavy atom. The Bertz CT molecular complexity index is 503. The average molecular weight is 260 g/mol. The molecule has 2 unspecified atom stereocenters. The van der Waals surface area contributed by atoms with Crippen LogP contribution in [0.1, 0.15) is 27.7 Å². The summed E-state index contributed by atoms with van der Waals surface area (Å²) in [6.45, 7) is 7.55. The van der Waals surface area contributed by atoms with Crippen LogP contribution < -0.4 is 5.01 Å². The molecule has 19 heavy (non-hydrogen) atoms. The number of aliphatic hydroxyl groups is 1. The molecule has 2 atom stereocenters. The number of hydrogen-bond acceptors (Lipinski definition) is 3. The molecule has 1 amide bonds. The van der Waals surface area contributed by atoms with Gasteiger partial charge in [0.1, 0.15) is 5.92 Å². The molecular weight excluding hydrogens is 240 g/mol. The molecule has 0 spiro atoms. The third kappa shape index (κ3) is 2.54. The summed E-state index contributed by atoms with van der Waals surface area (Å²) in [6.07, 6.45) is -0.738. The second-order valence-corrected chi connectivity index (χ2v) is 6.02. The molecule has 4 nitrogen and oxygen atoms in total. The molecule has 102 valence electrons. The summed E-state index contributed by atoms with van der Waals surface area (Å²) < 4.78 is 0. The van der Waals surface area contributed by atoms with Gasteiger partial charge in [-0.15, -0.1) is 0 Å². The van der Waals surface area contributed by atoms with Crippen LogP contribution in [0.25, 0.3) is 0 Å². The maximum Gasteiger partial charge on any atom is 0.258 e. The molecule has 0 aliphatic carbocycles. The molecule has 1 N–H and O–H groups in total. The highest BCUT2D eigenvalue weighted by Crippen LogP contribution is 2.32. The third-order valence-corrected chi connectivity index (χ3v) is 3.39. The monoisotopic (exact) mass is 260 g/mol. The molecule has 0 aromatic heterocycles. The van der Waals surface area contributed by atoms with E-state index >= 15 is 0 Å². The van der Waals surface area contributed by atoms with Gasteiger partial charge in [-0.05, 0) is 24.5 Å². The molecule has 0 bridgehead atoms. The van der Waals surface area contributed by atoms with E-state index < -0.39 is 12.0 Å². The van der Waals surface area contributed by atoms with E-state index in [1.807, 2.05) is 51.1 Å². The van der Waals surface area contributed by atoms with Gasteiger partial charge in [0, 0.05) is 0 Å². The number of aliphatic hydroxyl groups excluding tert-OH is 1. The summed E-state index contributed by atoms with van der Waals surface area (Å²) in [4.78, 5) is 12.5. The summed E-state index contributed by atoms with van der Waals surface area (Å²) >= 11 is 0. The second kappa shape index (κ2) is 4.78. The summed E-state index contributed by atoms with van der Waals surface area (Å²) in [6, 6.07) is 9.28. The molecule has 0 radical (unpaired) electrons. The highest BCUT2D eigenvalue weighted by Gasteiger charge is 2.43. The number of benzene rings is 1. The molecule has 0 saturated heterocycles. The Hall–Kier alpha value is -1.68. The lowest BCUT2D eigenvalue weighted by molar-refractivity contribution is -0.124. The van der Waals surface area contributed by atoms with Gasteiger partial charge in [-0.3, -0.25) is 4.79 Å². The lowest BCUT2D eigenvalue weighted by Crippen LogP contribution is -2.42. The predicted octanol–water partition coefficient (Wildman–Crippen LogP) is 2.43. The highest BCUT2D eigenvalue weighted by molar-refractivity contribution is 6.15. The number of hydrazone groups is 1. The third-order valence-electron chi connectivity index (χ3n) is 3.39. The summed E-state index contributed by atoms with van der Waals surface area (Å²) in [5, 5.41) is 16.0. The minimum absolute atomic E-state index is 0.161. The number of carbonyl (C=O) groups is 1. The number of para-hydroxylation sites is 1. The first kappa shape index (κ1) is 13.7. The van der Waals surface area contributed by atoms with Crippen molar-refractivity contribution in [1.29, 1.82) is 0 Å². The first-order valence-electron chi connectivity index (χ1n) is 6.44. The molecule has 1 aliphatic heterocycles. The predicted molar refractivity (Wildman–Crippen MR) is 76.0 cm³/mol. The van der Waals surface area contributed by atoms with Crippen molar-refractivity contribution in [3.63, 3.8) is 0 Å². The maximum absolute atomic E-state index is 12.5. The molecule has 1 aromatic rings. The molecule has 1 heterocycles. The number of anilines is 1. The quantitative estimate of drug-likeness (QED) is 0.888. The van der Waals surface area contributed by atoms with Crippen molar-refractivity contribution in [2.45, 2.75) is 33.8 Å². The lowest BCUT2D eigenvalue weighted by atomic mass is 9.79. The van der Waals surface area contributed by atoms with Crippen LogP contribution in [-0.2, 0) is 4.79 Å². The Morgan fingerprint density at radius 1 is 1.26 bits per heavy atom. The van der Waals surface area contributed by atoms with E-state index in [1.165, 1.54) is 5.01 Å². The van der Waals surface area contributed by atoms with Gasteiger partial charge in [0.05, 0.1) is 17.5 Å². The van der Waals surface area contributed by atoms with Crippen molar-refractivity contribution >= 4 is 17.3 Å². The van der Waals surface area contributed by atoms with Crippen LogP contribution >= 0.6 is 0 Å². The van der Waals surface area contributed by atoms with Crippen molar-refractivity contribution in [3.05, 3.63) is 30.3 Å². The topological polar surface area (TPSA) is 52.9 Å².